The van der Waals surface area contributed by atoms with Crippen LogP contribution >= 0.6 is 0 Å². The maximum absolute atomic E-state index is 13.8. The lowest BCUT2D eigenvalue weighted by Crippen LogP contribution is -2.32. The fourth-order valence-corrected chi connectivity index (χ4v) is 3.36. The van der Waals surface area contributed by atoms with Crippen molar-refractivity contribution < 1.29 is 8.78 Å². The summed E-state index contributed by atoms with van der Waals surface area (Å²) in [6.45, 7) is 2.69. The summed E-state index contributed by atoms with van der Waals surface area (Å²) in [4.78, 5) is 8.69. The van der Waals surface area contributed by atoms with Gasteiger partial charge in [0, 0.05) is 36.6 Å². The zero-order chi connectivity index (χ0) is 16.5. The largest absolute Gasteiger partial charge is 0.324 e. The Labute approximate surface area is 138 Å². The number of benzene rings is 1. The van der Waals surface area contributed by atoms with Crippen molar-refractivity contribution in [2.24, 2.45) is 5.92 Å². The molecule has 0 amide bonds. The molecular formula is C18H18F2N4. The third-order valence-electron chi connectivity index (χ3n) is 4.55. The summed E-state index contributed by atoms with van der Waals surface area (Å²) < 4.78 is 29.4. The summed E-state index contributed by atoms with van der Waals surface area (Å²) in [5.74, 6) is -0.569. The van der Waals surface area contributed by atoms with E-state index in [2.05, 4.69) is 15.3 Å². The van der Waals surface area contributed by atoms with E-state index in [1.54, 1.807) is 12.4 Å². The zero-order valence-electron chi connectivity index (χ0n) is 13.2. The standard InChI is InChI=1S/C18H18F2N4/c19-14-7-16-17(8-15(14)20)24(11-12-3-1-5-21-9-12)18(23-16)13-4-2-6-22-10-13/h2,4,6-8,10,12,21H,1,3,5,9,11H2. The van der Waals surface area contributed by atoms with E-state index in [4.69, 9.17) is 0 Å². The van der Waals surface area contributed by atoms with Crippen LogP contribution in [-0.4, -0.2) is 27.6 Å². The van der Waals surface area contributed by atoms with Gasteiger partial charge < -0.3 is 9.88 Å². The number of pyridine rings is 1. The molecule has 0 bridgehead atoms. The topological polar surface area (TPSA) is 42.7 Å². The summed E-state index contributed by atoms with van der Waals surface area (Å²) in [6.07, 6.45) is 5.66. The number of nitrogens with zero attached hydrogens (tertiary/aromatic N) is 3. The average Bonchev–Trinajstić information content (AvgIpc) is 2.95. The van der Waals surface area contributed by atoms with Crippen LogP contribution in [0.5, 0.6) is 0 Å². The molecule has 4 nitrogen and oxygen atoms in total. The van der Waals surface area contributed by atoms with Crippen LogP contribution in [0.25, 0.3) is 22.4 Å². The van der Waals surface area contributed by atoms with E-state index in [9.17, 15) is 8.78 Å². The van der Waals surface area contributed by atoms with Crippen molar-refractivity contribution in [3.63, 3.8) is 0 Å². The van der Waals surface area contributed by atoms with Crippen molar-refractivity contribution in [3.05, 3.63) is 48.3 Å². The first-order chi connectivity index (χ1) is 11.7. The Morgan fingerprint density at radius 2 is 2.12 bits per heavy atom. The molecule has 1 aliphatic rings. The van der Waals surface area contributed by atoms with Gasteiger partial charge in [-0.15, -0.1) is 0 Å². The van der Waals surface area contributed by atoms with E-state index in [0.717, 1.165) is 38.0 Å². The fourth-order valence-electron chi connectivity index (χ4n) is 3.36. The molecule has 4 rings (SSSR count). The lowest BCUT2D eigenvalue weighted by molar-refractivity contribution is 0.341. The summed E-state index contributed by atoms with van der Waals surface area (Å²) in [5.41, 5.74) is 1.94. The van der Waals surface area contributed by atoms with Crippen LogP contribution in [-0.2, 0) is 6.54 Å². The lowest BCUT2D eigenvalue weighted by Gasteiger charge is -2.24. The highest BCUT2D eigenvalue weighted by atomic mass is 19.2. The summed E-state index contributed by atoms with van der Waals surface area (Å²) >= 11 is 0. The summed E-state index contributed by atoms with van der Waals surface area (Å²) in [5, 5.41) is 3.39. The molecule has 124 valence electrons. The Morgan fingerprint density at radius 3 is 2.88 bits per heavy atom. The zero-order valence-corrected chi connectivity index (χ0v) is 13.2. The van der Waals surface area contributed by atoms with E-state index in [1.807, 2.05) is 16.7 Å². The lowest BCUT2D eigenvalue weighted by atomic mass is 9.99. The molecule has 1 aromatic carbocycles. The first-order valence-corrected chi connectivity index (χ1v) is 8.19. The molecule has 3 aromatic rings. The summed E-state index contributed by atoms with van der Waals surface area (Å²) in [6, 6.07) is 6.16. The molecule has 6 heteroatoms. The van der Waals surface area contributed by atoms with Crippen LogP contribution in [0, 0.1) is 17.6 Å². The molecule has 1 N–H and O–H groups in total. The Kier molecular flexibility index (Phi) is 3.98. The van der Waals surface area contributed by atoms with Crippen LogP contribution in [0.4, 0.5) is 8.78 Å². The van der Waals surface area contributed by atoms with E-state index >= 15 is 0 Å². The third kappa shape index (κ3) is 2.78. The number of rotatable bonds is 3. The predicted molar refractivity (Wildman–Crippen MR) is 88.5 cm³/mol. The molecular weight excluding hydrogens is 310 g/mol. The second-order valence-corrected chi connectivity index (χ2v) is 6.26. The van der Waals surface area contributed by atoms with Gasteiger partial charge in [-0.3, -0.25) is 4.98 Å². The van der Waals surface area contributed by atoms with Gasteiger partial charge in [0.1, 0.15) is 5.82 Å². The van der Waals surface area contributed by atoms with Gasteiger partial charge in [-0.05, 0) is 44.0 Å². The molecule has 1 atom stereocenters. The van der Waals surface area contributed by atoms with E-state index in [0.29, 0.717) is 22.8 Å². The van der Waals surface area contributed by atoms with Gasteiger partial charge in [-0.2, -0.15) is 0 Å². The molecule has 1 aliphatic heterocycles. The fraction of sp³-hybridized carbons (Fsp3) is 0.333. The molecule has 0 spiro atoms. The number of fused-ring (bicyclic) bond motifs is 1. The SMILES string of the molecule is Fc1cc2nc(-c3cccnc3)n(CC3CCCNC3)c2cc1F. The van der Waals surface area contributed by atoms with Crippen molar-refractivity contribution in [3.8, 4) is 11.4 Å². The normalized spacial score (nSPS) is 18.2. The van der Waals surface area contributed by atoms with Crippen LogP contribution in [0.1, 0.15) is 12.8 Å². The first-order valence-electron chi connectivity index (χ1n) is 8.19. The number of nitrogens with one attached hydrogen (secondary N) is 1. The number of aromatic nitrogens is 3. The number of imidazole rings is 1. The smallest absolute Gasteiger partial charge is 0.161 e. The van der Waals surface area contributed by atoms with Crippen LogP contribution in [0.2, 0.25) is 0 Å². The minimum absolute atomic E-state index is 0.444. The quantitative estimate of drug-likeness (QED) is 0.801. The van der Waals surface area contributed by atoms with Crippen molar-refractivity contribution in [2.75, 3.05) is 13.1 Å². The van der Waals surface area contributed by atoms with E-state index < -0.39 is 11.6 Å². The minimum Gasteiger partial charge on any atom is -0.324 e. The van der Waals surface area contributed by atoms with Gasteiger partial charge in [0.2, 0.25) is 0 Å². The summed E-state index contributed by atoms with van der Waals surface area (Å²) in [7, 11) is 0. The van der Waals surface area contributed by atoms with Gasteiger partial charge in [-0.1, -0.05) is 0 Å². The molecule has 3 heterocycles. The highest BCUT2D eigenvalue weighted by molar-refractivity contribution is 5.80. The number of piperidine rings is 1. The Balaban J connectivity index is 1.85. The molecule has 1 unspecified atom stereocenters. The second kappa shape index (κ2) is 6.28. The second-order valence-electron chi connectivity index (χ2n) is 6.26. The van der Waals surface area contributed by atoms with Crippen LogP contribution < -0.4 is 5.32 Å². The predicted octanol–water partition coefficient (Wildman–Crippen LogP) is 3.38. The first kappa shape index (κ1) is 15.2. The van der Waals surface area contributed by atoms with E-state index in [-0.39, 0.29) is 0 Å². The highest BCUT2D eigenvalue weighted by Gasteiger charge is 2.20. The molecule has 1 fully saturated rings. The van der Waals surface area contributed by atoms with Crippen LogP contribution in [0.15, 0.2) is 36.7 Å². The third-order valence-corrected chi connectivity index (χ3v) is 4.55. The Morgan fingerprint density at radius 1 is 1.25 bits per heavy atom. The van der Waals surface area contributed by atoms with Crippen molar-refractivity contribution in [1.29, 1.82) is 0 Å². The maximum Gasteiger partial charge on any atom is 0.161 e. The van der Waals surface area contributed by atoms with Gasteiger partial charge in [0.25, 0.3) is 0 Å². The van der Waals surface area contributed by atoms with Crippen molar-refractivity contribution in [1.82, 2.24) is 19.9 Å². The van der Waals surface area contributed by atoms with Gasteiger partial charge in [0.15, 0.2) is 11.6 Å². The maximum atomic E-state index is 13.8. The molecule has 2 aromatic heterocycles. The Hall–Kier alpha value is -2.34. The highest BCUT2D eigenvalue weighted by Crippen LogP contribution is 2.28. The number of hydrogen-bond donors (Lipinski definition) is 1. The van der Waals surface area contributed by atoms with Crippen molar-refractivity contribution >= 4 is 11.0 Å². The monoisotopic (exact) mass is 328 g/mol. The number of halogens is 2. The van der Waals surface area contributed by atoms with Crippen molar-refractivity contribution in [2.45, 2.75) is 19.4 Å². The number of hydrogen-bond acceptors (Lipinski definition) is 3. The molecule has 24 heavy (non-hydrogen) atoms. The molecule has 0 radical (unpaired) electrons. The van der Waals surface area contributed by atoms with Crippen LogP contribution in [0.3, 0.4) is 0 Å². The minimum atomic E-state index is -0.871. The van der Waals surface area contributed by atoms with Gasteiger partial charge in [0.05, 0.1) is 11.0 Å². The Bertz CT molecular complexity index is 854. The molecule has 0 saturated carbocycles. The van der Waals surface area contributed by atoms with E-state index in [1.165, 1.54) is 12.1 Å². The van der Waals surface area contributed by atoms with Gasteiger partial charge in [-0.25, -0.2) is 13.8 Å². The molecule has 1 saturated heterocycles. The molecule has 0 aliphatic carbocycles. The van der Waals surface area contributed by atoms with Gasteiger partial charge >= 0.3 is 0 Å². The average molecular weight is 328 g/mol.